The number of benzene rings is 1. The Hall–Kier alpha value is -2.51. The largest absolute Gasteiger partial charge is 0.482 e. The van der Waals surface area contributed by atoms with Crippen LogP contribution in [0.15, 0.2) is 12.1 Å². The molecule has 0 saturated heterocycles. The zero-order valence-corrected chi connectivity index (χ0v) is 12.0. The third kappa shape index (κ3) is 3.98. The number of rotatable bonds is 6. The van der Waals surface area contributed by atoms with Gasteiger partial charge in [0.15, 0.2) is 0 Å². The van der Waals surface area contributed by atoms with Gasteiger partial charge in [0.1, 0.15) is 6.29 Å². The SMILES string of the molecule is CC(C)(C)c1cc([N+](=O)[O-])c(OCCC=O)c([N+](=O)[O-])c1. The first-order valence-corrected chi connectivity index (χ1v) is 6.22. The number of ether oxygens (including phenoxy) is 1. The second kappa shape index (κ2) is 6.29. The molecule has 0 fully saturated rings. The third-order valence-electron chi connectivity index (χ3n) is 2.79. The van der Waals surface area contributed by atoms with Crippen molar-refractivity contribution in [1.29, 1.82) is 0 Å². The highest BCUT2D eigenvalue weighted by atomic mass is 16.6. The molecule has 1 rings (SSSR count). The molecule has 0 aromatic heterocycles. The highest BCUT2D eigenvalue weighted by molar-refractivity contribution is 5.63. The molecule has 8 heteroatoms. The average Bonchev–Trinajstić information content (AvgIpc) is 2.36. The summed E-state index contributed by atoms with van der Waals surface area (Å²) >= 11 is 0. The number of carbonyl (C=O) groups is 1. The van der Waals surface area contributed by atoms with E-state index in [2.05, 4.69) is 0 Å². The first-order valence-electron chi connectivity index (χ1n) is 6.22. The zero-order chi connectivity index (χ0) is 16.2. The summed E-state index contributed by atoms with van der Waals surface area (Å²) in [4.78, 5) is 31.1. The Morgan fingerprint density at radius 3 is 1.95 bits per heavy atom. The molecule has 0 radical (unpaired) electrons. The number of nitro groups is 2. The van der Waals surface area contributed by atoms with Gasteiger partial charge in [0.05, 0.1) is 16.5 Å². The van der Waals surface area contributed by atoms with Crippen molar-refractivity contribution in [3.05, 3.63) is 37.9 Å². The molecule has 8 nitrogen and oxygen atoms in total. The van der Waals surface area contributed by atoms with Gasteiger partial charge in [-0.25, -0.2) is 0 Å². The van der Waals surface area contributed by atoms with Gasteiger partial charge in [-0.1, -0.05) is 20.8 Å². The molecule has 21 heavy (non-hydrogen) atoms. The van der Waals surface area contributed by atoms with E-state index in [0.717, 1.165) is 0 Å². The molecule has 0 N–H and O–H groups in total. The maximum atomic E-state index is 11.1. The van der Waals surface area contributed by atoms with Gasteiger partial charge in [-0.15, -0.1) is 0 Å². The number of hydrogen-bond acceptors (Lipinski definition) is 6. The van der Waals surface area contributed by atoms with Crippen molar-refractivity contribution in [3.63, 3.8) is 0 Å². The van der Waals surface area contributed by atoms with Crippen molar-refractivity contribution in [3.8, 4) is 5.75 Å². The molecule has 0 aliphatic heterocycles. The zero-order valence-electron chi connectivity index (χ0n) is 12.0. The highest BCUT2D eigenvalue weighted by Crippen LogP contribution is 2.41. The lowest BCUT2D eigenvalue weighted by molar-refractivity contribution is -0.396. The molecule has 0 atom stereocenters. The average molecular weight is 296 g/mol. The molecule has 0 amide bonds. The van der Waals surface area contributed by atoms with Crippen LogP contribution in [0.3, 0.4) is 0 Å². The Bertz CT molecular complexity index is 542. The molecule has 114 valence electrons. The summed E-state index contributed by atoms with van der Waals surface area (Å²) in [6, 6.07) is 2.53. The van der Waals surface area contributed by atoms with Crippen LogP contribution in [-0.4, -0.2) is 22.7 Å². The molecule has 0 aliphatic carbocycles. The van der Waals surface area contributed by atoms with Gasteiger partial charge in [0.25, 0.3) is 5.75 Å². The van der Waals surface area contributed by atoms with Gasteiger partial charge < -0.3 is 9.53 Å². The van der Waals surface area contributed by atoms with Crippen molar-refractivity contribution < 1.29 is 19.4 Å². The maximum Gasteiger partial charge on any atom is 0.318 e. The number of carbonyl (C=O) groups excluding carboxylic acids is 1. The first-order chi connectivity index (χ1) is 9.68. The van der Waals surface area contributed by atoms with Crippen molar-refractivity contribution >= 4 is 17.7 Å². The van der Waals surface area contributed by atoms with Crippen LogP contribution in [-0.2, 0) is 10.2 Å². The molecule has 0 heterocycles. The van der Waals surface area contributed by atoms with E-state index in [1.165, 1.54) is 12.1 Å². The van der Waals surface area contributed by atoms with E-state index in [0.29, 0.717) is 11.8 Å². The van der Waals surface area contributed by atoms with E-state index >= 15 is 0 Å². The minimum atomic E-state index is -0.724. The van der Waals surface area contributed by atoms with Crippen molar-refractivity contribution in [1.82, 2.24) is 0 Å². The predicted octanol–water partition coefficient (Wildman–Crippen LogP) is 2.77. The van der Waals surface area contributed by atoms with Crippen molar-refractivity contribution in [2.45, 2.75) is 32.6 Å². The van der Waals surface area contributed by atoms with Gasteiger partial charge in [-0.05, 0) is 11.0 Å². The second-order valence-corrected chi connectivity index (χ2v) is 5.41. The number of hydrogen-bond donors (Lipinski definition) is 0. The summed E-state index contributed by atoms with van der Waals surface area (Å²) < 4.78 is 5.08. The minimum Gasteiger partial charge on any atom is -0.482 e. The van der Waals surface area contributed by atoms with Crippen LogP contribution >= 0.6 is 0 Å². The van der Waals surface area contributed by atoms with E-state index < -0.39 is 32.4 Å². The van der Waals surface area contributed by atoms with Crippen LogP contribution in [0.1, 0.15) is 32.8 Å². The summed E-state index contributed by atoms with van der Waals surface area (Å²) in [5.74, 6) is -0.417. The predicted molar refractivity (Wildman–Crippen MR) is 74.6 cm³/mol. The summed E-state index contributed by atoms with van der Waals surface area (Å²) in [6.45, 7) is 5.23. The Morgan fingerprint density at radius 1 is 1.14 bits per heavy atom. The van der Waals surface area contributed by atoms with E-state index in [1.807, 2.05) is 0 Å². The van der Waals surface area contributed by atoms with Crippen molar-refractivity contribution in [2.24, 2.45) is 0 Å². The van der Waals surface area contributed by atoms with Crippen molar-refractivity contribution in [2.75, 3.05) is 6.61 Å². The fourth-order valence-electron chi connectivity index (χ4n) is 1.66. The van der Waals surface area contributed by atoms with Crippen LogP contribution in [0.2, 0.25) is 0 Å². The first kappa shape index (κ1) is 16.5. The van der Waals surface area contributed by atoms with Crippen LogP contribution < -0.4 is 4.74 Å². The monoisotopic (exact) mass is 296 g/mol. The lowest BCUT2D eigenvalue weighted by Gasteiger charge is -2.19. The highest BCUT2D eigenvalue weighted by Gasteiger charge is 2.31. The van der Waals surface area contributed by atoms with Gasteiger partial charge in [-0.3, -0.25) is 20.2 Å². The lowest BCUT2D eigenvalue weighted by atomic mass is 9.86. The Kier molecular flexibility index (Phi) is 4.96. The third-order valence-corrected chi connectivity index (χ3v) is 2.79. The maximum absolute atomic E-state index is 11.1. The van der Waals surface area contributed by atoms with Gasteiger partial charge >= 0.3 is 11.4 Å². The normalized spacial score (nSPS) is 11.0. The standard InChI is InChI=1S/C13H16N2O6/c1-13(2,3)9-7-10(14(17)18)12(21-6-4-5-16)11(8-9)15(19)20/h5,7-8H,4,6H2,1-3H3. The Labute approximate surface area is 121 Å². The van der Waals surface area contributed by atoms with Gasteiger partial charge in [0.2, 0.25) is 0 Å². The van der Waals surface area contributed by atoms with Crippen LogP contribution in [0.4, 0.5) is 11.4 Å². The molecule has 0 aliphatic rings. The molecule has 1 aromatic carbocycles. The fourth-order valence-corrected chi connectivity index (χ4v) is 1.66. The summed E-state index contributed by atoms with van der Waals surface area (Å²) in [5, 5.41) is 22.3. The van der Waals surface area contributed by atoms with Gasteiger partial charge in [0, 0.05) is 18.6 Å². The Balaban J connectivity index is 3.47. The second-order valence-electron chi connectivity index (χ2n) is 5.41. The lowest BCUT2D eigenvalue weighted by Crippen LogP contribution is -2.13. The van der Waals surface area contributed by atoms with Crippen LogP contribution in [0, 0.1) is 20.2 Å². The minimum absolute atomic E-state index is 0.00463. The molecule has 0 bridgehead atoms. The Morgan fingerprint density at radius 2 is 1.62 bits per heavy atom. The molecular weight excluding hydrogens is 280 g/mol. The molecular formula is C13H16N2O6. The fraction of sp³-hybridized carbons (Fsp3) is 0.462. The van der Waals surface area contributed by atoms with E-state index in [1.54, 1.807) is 20.8 Å². The molecule has 0 unspecified atom stereocenters. The quantitative estimate of drug-likeness (QED) is 0.345. The molecule has 0 spiro atoms. The smallest absolute Gasteiger partial charge is 0.318 e. The number of aldehydes is 1. The summed E-state index contributed by atoms with van der Waals surface area (Å²) in [5.41, 5.74) is -0.972. The van der Waals surface area contributed by atoms with Crippen LogP contribution in [0.5, 0.6) is 5.75 Å². The topological polar surface area (TPSA) is 113 Å². The molecule has 1 aromatic rings. The number of nitrogens with zero attached hydrogens (tertiary/aromatic N) is 2. The number of nitro benzene ring substituents is 2. The van der Waals surface area contributed by atoms with Crippen LogP contribution in [0.25, 0.3) is 0 Å². The summed E-state index contributed by atoms with van der Waals surface area (Å²) in [6.07, 6.45) is 0.566. The van der Waals surface area contributed by atoms with E-state index in [9.17, 15) is 25.0 Å². The molecule has 0 saturated carbocycles. The summed E-state index contributed by atoms with van der Waals surface area (Å²) in [7, 11) is 0. The van der Waals surface area contributed by atoms with E-state index in [4.69, 9.17) is 4.74 Å². The van der Waals surface area contributed by atoms with Gasteiger partial charge in [-0.2, -0.15) is 0 Å². The van der Waals surface area contributed by atoms with E-state index in [-0.39, 0.29) is 13.0 Å².